The van der Waals surface area contributed by atoms with Gasteiger partial charge in [0.1, 0.15) is 5.69 Å². The van der Waals surface area contributed by atoms with Crippen molar-refractivity contribution in [1.29, 1.82) is 0 Å². The summed E-state index contributed by atoms with van der Waals surface area (Å²) in [5, 5.41) is 5.08. The van der Waals surface area contributed by atoms with Crippen LogP contribution in [0.5, 0.6) is 0 Å². The molecule has 25 heavy (non-hydrogen) atoms. The lowest BCUT2D eigenvalue weighted by Gasteiger charge is -2.07. The minimum atomic E-state index is -2.24. The van der Waals surface area contributed by atoms with E-state index < -0.39 is 11.1 Å². The average molecular weight is 354 g/mol. The quantitative estimate of drug-likeness (QED) is 0.556. The second-order valence-electron chi connectivity index (χ2n) is 5.33. The number of nitrogens with two attached hydrogens (primary N) is 1. The summed E-state index contributed by atoms with van der Waals surface area (Å²) < 4.78 is 29.0. The molecule has 0 bridgehead atoms. The van der Waals surface area contributed by atoms with Gasteiger partial charge in [0.05, 0.1) is 24.4 Å². The van der Waals surface area contributed by atoms with Gasteiger partial charge in [-0.3, -0.25) is 4.21 Å². The lowest BCUT2D eigenvalue weighted by atomic mass is 10.2. The highest BCUT2D eigenvalue weighted by atomic mass is 32.2. The number of fused-ring (bicyclic) bond motifs is 1. The van der Waals surface area contributed by atoms with E-state index in [0.29, 0.717) is 23.6 Å². The monoisotopic (exact) mass is 354 g/mol. The Morgan fingerprint density at radius 3 is 2.68 bits per heavy atom. The van der Waals surface area contributed by atoms with E-state index in [2.05, 4.69) is 15.1 Å². The Kier molecular flexibility index (Phi) is 3.79. The molecule has 1 atom stereocenters. The molecule has 8 nitrogen and oxygen atoms in total. The van der Waals surface area contributed by atoms with Crippen molar-refractivity contribution in [3.05, 3.63) is 54.4 Å². The van der Waals surface area contributed by atoms with Crippen LogP contribution in [0.4, 0.5) is 5.95 Å². The molecule has 9 heteroatoms. The van der Waals surface area contributed by atoms with Crippen LogP contribution < -0.4 is 5.73 Å². The van der Waals surface area contributed by atoms with E-state index in [-0.39, 0.29) is 10.8 Å². The van der Waals surface area contributed by atoms with Gasteiger partial charge in [0.25, 0.3) is 0 Å². The Balaban J connectivity index is 1.75. The molecule has 0 radical (unpaired) electrons. The maximum Gasteiger partial charge on any atom is 0.222 e. The summed E-state index contributed by atoms with van der Waals surface area (Å²) in [4.78, 5) is 8.76. The smallest absolute Gasteiger partial charge is 0.222 e. The van der Waals surface area contributed by atoms with E-state index in [1.165, 1.54) is 0 Å². The number of nitrogen functional groups attached to an aromatic ring is 1. The lowest BCUT2D eigenvalue weighted by Crippen LogP contribution is -2.05. The Morgan fingerprint density at radius 1 is 1.20 bits per heavy atom. The zero-order valence-electron chi connectivity index (χ0n) is 12.8. The van der Waals surface area contributed by atoms with Crippen molar-refractivity contribution in [1.82, 2.24) is 19.7 Å². The molecule has 126 valence electrons. The van der Waals surface area contributed by atoms with E-state index in [0.717, 1.165) is 10.9 Å². The summed E-state index contributed by atoms with van der Waals surface area (Å²) in [7, 11) is 0. The van der Waals surface area contributed by atoms with E-state index in [1.54, 1.807) is 53.5 Å². The highest BCUT2D eigenvalue weighted by Crippen LogP contribution is 2.27. The van der Waals surface area contributed by atoms with Crippen LogP contribution in [0, 0.1) is 0 Å². The van der Waals surface area contributed by atoms with Gasteiger partial charge in [-0.25, -0.2) is 9.67 Å². The molecule has 0 amide bonds. The summed E-state index contributed by atoms with van der Waals surface area (Å²) in [6.07, 6.45) is 3.22. The molecule has 0 saturated heterocycles. The molecule has 4 aromatic rings. The molecular formula is C16H12N5O3S-. The molecule has 3 aromatic heterocycles. The van der Waals surface area contributed by atoms with Crippen LogP contribution in [0.15, 0.2) is 58.2 Å². The maximum atomic E-state index is 10.9. The molecular weight excluding hydrogens is 342 g/mol. The van der Waals surface area contributed by atoms with Crippen molar-refractivity contribution in [3.63, 3.8) is 0 Å². The molecule has 0 saturated carbocycles. The zero-order valence-corrected chi connectivity index (χ0v) is 13.6. The molecule has 0 fully saturated rings. The van der Waals surface area contributed by atoms with Crippen molar-refractivity contribution >= 4 is 28.1 Å². The predicted molar refractivity (Wildman–Crippen MR) is 90.2 cm³/mol. The lowest BCUT2D eigenvalue weighted by molar-refractivity contribution is 0.537. The fourth-order valence-corrected chi connectivity index (χ4v) is 2.93. The summed E-state index contributed by atoms with van der Waals surface area (Å²) in [6, 6.07) is 10.1. The SMILES string of the molecule is Nc1nc(-c2ccco2)c2cnn(Cc3ccc(S(=O)[O-])cc3)c2n1. The number of nitrogens with zero attached hydrogens (tertiary/aromatic N) is 4. The van der Waals surface area contributed by atoms with E-state index >= 15 is 0 Å². The fraction of sp³-hybridized carbons (Fsp3) is 0.0625. The van der Waals surface area contributed by atoms with Crippen molar-refractivity contribution in [3.8, 4) is 11.5 Å². The van der Waals surface area contributed by atoms with Crippen LogP contribution in [0.25, 0.3) is 22.5 Å². The highest BCUT2D eigenvalue weighted by Gasteiger charge is 2.15. The maximum absolute atomic E-state index is 10.9. The Labute approximate surface area is 144 Å². The number of benzene rings is 1. The van der Waals surface area contributed by atoms with Gasteiger partial charge >= 0.3 is 0 Å². The molecule has 0 aliphatic heterocycles. The average Bonchev–Trinajstić information content (AvgIpc) is 3.25. The number of furan rings is 1. The number of aromatic nitrogens is 4. The van der Waals surface area contributed by atoms with E-state index in [1.807, 2.05) is 0 Å². The van der Waals surface area contributed by atoms with Crippen molar-refractivity contribution in [2.45, 2.75) is 11.4 Å². The van der Waals surface area contributed by atoms with Crippen LogP contribution in [-0.2, 0) is 17.6 Å². The molecule has 0 aliphatic carbocycles. The number of anilines is 1. The molecule has 1 unspecified atom stereocenters. The van der Waals surface area contributed by atoms with Gasteiger partial charge in [-0.15, -0.1) is 0 Å². The summed E-state index contributed by atoms with van der Waals surface area (Å²) in [6.45, 7) is 0.420. The Morgan fingerprint density at radius 2 is 2.00 bits per heavy atom. The second-order valence-corrected chi connectivity index (χ2v) is 6.27. The predicted octanol–water partition coefficient (Wildman–Crippen LogP) is 1.95. The molecule has 0 aliphatic rings. The minimum absolute atomic E-state index is 0.123. The van der Waals surface area contributed by atoms with Gasteiger partial charge in [0.15, 0.2) is 11.4 Å². The first-order chi connectivity index (χ1) is 12.1. The van der Waals surface area contributed by atoms with Crippen molar-refractivity contribution in [2.75, 3.05) is 5.73 Å². The van der Waals surface area contributed by atoms with Crippen LogP contribution >= 0.6 is 0 Å². The summed E-state index contributed by atoms with van der Waals surface area (Å²) in [5.74, 6) is 0.707. The molecule has 2 N–H and O–H groups in total. The first-order valence-corrected chi connectivity index (χ1v) is 8.40. The fourth-order valence-electron chi connectivity index (χ4n) is 2.57. The zero-order chi connectivity index (χ0) is 17.4. The van der Waals surface area contributed by atoms with Crippen molar-refractivity contribution < 1.29 is 13.2 Å². The minimum Gasteiger partial charge on any atom is -0.768 e. The largest absolute Gasteiger partial charge is 0.768 e. The summed E-state index contributed by atoms with van der Waals surface area (Å²) >= 11 is -2.24. The standard InChI is InChI=1S/C16H13N5O3S/c17-16-19-14(13-2-1-7-24-13)12-8-18-21(15(12)20-16)9-10-3-5-11(6-4-10)25(22)23/h1-8H,9H2,(H,22,23)(H2,17,19,20)/p-1. The third-order valence-corrected chi connectivity index (χ3v) is 4.37. The number of rotatable bonds is 4. The number of hydrogen-bond acceptors (Lipinski definition) is 7. The second kappa shape index (κ2) is 6.11. The van der Waals surface area contributed by atoms with E-state index in [9.17, 15) is 8.76 Å². The molecule has 1 aromatic carbocycles. The van der Waals surface area contributed by atoms with Gasteiger partial charge in [-0.05, 0) is 40.9 Å². The Hall–Kier alpha value is -3.04. The van der Waals surface area contributed by atoms with Gasteiger partial charge < -0.3 is 14.7 Å². The topological polar surface area (TPSA) is 123 Å². The first-order valence-electron chi connectivity index (χ1n) is 7.33. The van der Waals surface area contributed by atoms with Gasteiger partial charge in [0, 0.05) is 4.90 Å². The van der Waals surface area contributed by atoms with Crippen LogP contribution in [0.2, 0.25) is 0 Å². The third kappa shape index (κ3) is 2.90. The van der Waals surface area contributed by atoms with Crippen LogP contribution in [0.1, 0.15) is 5.56 Å². The van der Waals surface area contributed by atoms with E-state index in [4.69, 9.17) is 10.2 Å². The van der Waals surface area contributed by atoms with Gasteiger partial charge in [0.2, 0.25) is 5.95 Å². The normalized spacial score (nSPS) is 12.5. The Bertz CT molecular complexity index is 1060. The molecule has 0 spiro atoms. The number of hydrogen-bond donors (Lipinski definition) is 1. The highest BCUT2D eigenvalue weighted by molar-refractivity contribution is 7.79. The van der Waals surface area contributed by atoms with Crippen LogP contribution in [0.3, 0.4) is 0 Å². The first kappa shape index (κ1) is 15.5. The third-order valence-electron chi connectivity index (χ3n) is 3.72. The summed E-state index contributed by atoms with van der Waals surface area (Å²) in [5.41, 5.74) is 7.88. The van der Waals surface area contributed by atoms with Crippen molar-refractivity contribution in [2.24, 2.45) is 0 Å². The molecule has 4 rings (SSSR count). The van der Waals surface area contributed by atoms with Crippen LogP contribution in [-0.4, -0.2) is 28.5 Å². The van der Waals surface area contributed by atoms with Gasteiger partial charge in [-0.1, -0.05) is 12.1 Å². The van der Waals surface area contributed by atoms with Gasteiger partial charge in [-0.2, -0.15) is 10.1 Å². The molecule has 3 heterocycles.